The maximum absolute atomic E-state index is 6.02. The van der Waals surface area contributed by atoms with Gasteiger partial charge >= 0.3 is 0 Å². The Hall–Kier alpha value is -0.0900. The van der Waals surface area contributed by atoms with Crippen molar-refractivity contribution in [2.45, 2.75) is 19.5 Å². The van der Waals surface area contributed by atoms with Gasteiger partial charge in [-0.05, 0) is 30.3 Å². The van der Waals surface area contributed by atoms with E-state index in [9.17, 15) is 0 Å². The second-order valence-corrected chi connectivity index (χ2v) is 5.40. The highest BCUT2D eigenvalue weighted by Crippen LogP contribution is 2.23. The van der Waals surface area contributed by atoms with Crippen molar-refractivity contribution in [3.63, 3.8) is 0 Å². The molecule has 16 heavy (non-hydrogen) atoms. The predicted octanol–water partition coefficient (Wildman–Crippen LogP) is 2.90. The van der Waals surface area contributed by atoms with Crippen LogP contribution in [0.2, 0.25) is 5.02 Å². The first-order valence-electron chi connectivity index (χ1n) is 5.59. The fourth-order valence-electron chi connectivity index (χ4n) is 1.91. The molecule has 0 aliphatic carbocycles. The fraction of sp³-hybridized carbons (Fsp3) is 0.500. The molecule has 4 heteroatoms. The number of nitrogens with one attached hydrogen (secondary N) is 1. The van der Waals surface area contributed by atoms with E-state index in [4.69, 9.17) is 11.6 Å². The maximum Gasteiger partial charge on any atom is 0.0410 e. The third kappa shape index (κ3) is 2.77. The molecule has 1 aromatic carbocycles. The summed E-state index contributed by atoms with van der Waals surface area (Å²) in [5, 5.41) is 4.11. The van der Waals surface area contributed by atoms with Gasteiger partial charge in [0.15, 0.2) is 0 Å². The summed E-state index contributed by atoms with van der Waals surface area (Å²) in [6, 6.07) is 6.65. The van der Waals surface area contributed by atoms with Gasteiger partial charge in [-0.1, -0.05) is 34.5 Å². The standard InChI is InChI=1S/C12H16BrClN2/c1-2-16(11-6-15-7-11)8-9-5-10(14)3-4-12(9)13/h3-5,11,15H,2,6-8H2,1H3. The van der Waals surface area contributed by atoms with Crippen molar-refractivity contribution in [1.29, 1.82) is 0 Å². The molecule has 1 aliphatic rings. The van der Waals surface area contributed by atoms with Gasteiger partial charge in [-0.3, -0.25) is 4.90 Å². The molecule has 0 aromatic heterocycles. The average molecular weight is 304 g/mol. The summed E-state index contributed by atoms with van der Waals surface area (Å²) < 4.78 is 1.14. The summed E-state index contributed by atoms with van der Waals surface area (Å²) in [6.07, 6.45) is 0. The van der Waals surface area contributed by atoms with Crippen LogP contribution in [0, 0.1) is 0 Å². The van der Waals surface area contributed by atoms with E-state index >= 15 is 0 Å². The maximum atomic E-state index is 6.02. The van der Waals surface area contributed by atoms with Crippen molar-refractivity contribution in [3.8, 4) is 0 Å². The van der Waals surface area contributed by atoms with E-state index in [0.717, 1.165) is 35.7 Å². The van der Waals surface area contributed by atoms with Crippen molar-refractivity contribution in [1.82, 2.24) is 10.2 Å². The molecule has 1 heterocycles. The molecule has 2 nitrogen and oxygen atoms in total. The molecule has 0 unspecified atom stereocenters. The van der Waals surface area contributed by atoms with Crippen molar-refractivity contribution < 1.29 is 0 Å². The SMILES string of the molecule is CCN(Cc1cc(Cl)ccc1Br)C1CNC1. The summed E-state index contributed by atoms with van der Waals surface area (Å²) in [4.78, 5) is 2.48. The van der Waals surface area contributed by atoms with Gasteiger partial charge in [-0.15, -0.1) is 0 Å². The van der Waals surface area contributed by atoms with Gasteiger partial charge in [0.05, 0.1) is 0 Å². The molecule has 0 spiro atoms. The van der Waals surface area contributed by atoms with E-state index in [2.05, 4.69) is 33.1 Å². The van der Waals surface area contributed by atoms with Gasteiger partial charge in [0.25, 0.3) is 0 Å². The summed E-state index contributed by atoms with van der Waals surface area (Å²) >= 11 is 9.60. The summed E-state index contributed by atoms with van der Waals surface area (Å²) in [5.74, 6) is 0. The van der Waals surface area contributed by atoms with E-state index in [0.29, 0.717) is 6.04 Å². The van der Waals surface area contributed by atoms with Crippen LogP contribution >= 0.6 is 27.5 Å². The Morgan fingerprint density at radius 1 is 1.50 bits per heavy atom. The highest BCUT2D eigenvalue weighted by atomic mass is 79.9. The second kappa shape index (κ2) is 5.50. The number of nitrogens with zero attached hydrogens (tertiary/aromatic N) is 1. The van der Waals surface area contributed by atoms with E-state index in [1.807, 2.05) is 18.2 Å². The van der Waals surface area contributed by atoms with Crippen LogP contribution in [0.5, 0.6) is 0 Å². The molecular formula is C12H16BrClN2. The zero-order valence-corrected chi connectivity index (χ0v) is 11.7. The van der Waals surface area contributed by atoms with Gasteiger partial charge in [0.1, 0.15) is 0 Å². The number of halogens is 2. The average Bonchev–Trinajstić information content (AvgIpc) is 2.19. The number of likely N-dealkylation sites (N-methyl/N-ethyl adjacent to an activating group) is 1. The Bertz CT molecular complexity index is 366. The van der Waals surface area contributed by atoms with E-state index in [-0.39, 0.29) is 0 Å². The summed E-state index contributed by atoms with van der Waals surface area (Å²) in [6.45, 7) is 6.45. The first-order chi connectivity index (χ1) is 7.70. The normalized spacial score (nSPS) is 16.5. The highest BCUT2D eigenvalue weighted by molar-refractivity contribution is 9.10. The summed E-state index contributed by atoms with van der Waals surface area (Å²) in [7, 11) is 0. The molecule has 1 N–H and O–H groups in total. The highest BCUT2D eigenvalue weighted by Gasteiger charge is 2.23. The van der Waals surface area contributed by atoms with E-state index in [1.165, 1.54) is 5.56 Å². The minimum absolute atomic E-state index is 0.677. The molecule has 2 rings (SSSR count). The topological polar surface area (TPSA) is 15.3 Å². The molecule has 0 amide bonds. The van der Waals surface area contributed by atoms with Gasteiger partial charge in [-0.2, -0.15) is 0 Å². The Labute approximate surface area is 110 Å². The fourth-order valence-corrected chi connectivity index (χ4v) is 2.48. The van der Waals surface area contributed by atoms with Gasteiger partial charge in [0.2, 0.25) is 0 Å². The predicted molar refractivity (Wildman–Crippen MR) is 71.9 cm³/mol. The largest absolute Gasteiger partial charge is 0.314 e. The van der Waals surface area contributed by atoms with Crippen molar-refractivity contribution in [2.75, 3.05) is 19.6 Å². The Morgan fingerprint density at radius 2 is 2.25 bits per heavy atom. The molecule has 1 aliphatic heterocycles. The number of hydrogen-bond acceptors (Lipinski definition) is 2. The molecule has 0 bridgehead atoms. The first-order valence-corrected chi connectivity index (χ1v) is 6.76. The molecular weight excluding hydrogens is 288 g/mol. The van der Waals surface area contributed by atoms with Crippen LogP contribution in [-0.2, 0) is 6.54 Å². The molecule has 0 saturated carbocycles. The quantitative estimate of drug-likeness (QED) is 0.920. The van der Waals surface area contributed by atoms with Crippen LogP contribution in [0.4, 0.5) is 0 Å². The molecule has 0 radical (unpaired) electrons. The lowest BCUT2D eigenvalue weighted by molar-refractivity contribution is 0.145. The second-order valence-electron chi connectivity index (χ2n) is 4.11. The Morgan fingerprint density at radius 3 is 2.81 bits per heavy atom. The van der Waals surface area contributed by atoms with E-state index in [1.54, 1.807) is 0 Å². The van der Waals surface area contributed by atoms with Crippen LogP contribution < -0.4 is 5.32 Å². The molecule has 1 saturated heterocycles. The van der Waals surface area contributed by atoms with Gasteiger partial charge < -0.3 is 5.32 Å². The molecule has 0 atom stereocenters. The van der Waals surface area contributed by atoms with Gasteiger partial charge in [0, 0.05) is 35.2 Å². The van der Waals surface area contributed by atoms with Crippen LogP contribution in [0.1, 0.15) is 12.5 Å². The van der Waals surface area contributed by atoms with E-state index < -0.39 is 0 Å². The lowest BCUT2D eigenvalue weighted by Crippen LogP contribution is -2.56. The van der Waals surface area contributed by atoms with Crippen LogP contribution in [0.25, 0.3) is 0 Å². The number of hydrogen-bond donors (Lipinski definition) is 1. The van der Waals surface area contributed by atoms with Crippen molar-refractivity contribution in [2.24, 2.45) is 0 Å². The Kier molecular flexibility index (Phi) is 4.25. The minimum atomic E-state index is 0.677. The zero-order chi connectivity index (χ0) is 11.5. The smallest absolute Gasteiger partial charge is 0.0410 e. The number of benzene rings is 1. The van der Waals surface area contributed by atoms with Crippen molar-refractivity contribution >= 4 is 27.5 Å². The number of rotatable bonds is 4. The molecule has 88 valence electrons. The lowest BCUT2D eigenvalue weighted by atomic mass is 10.1. The third-order valence-corrected chi connectivity index (χ3v) is 4.07. The molecule has 1 fully saturated rings. The van der Waals surface area contributed by atoms with Crippen LogP contribution in [0.3, 0.4) is 0 Å². The summed E-state index contributed by atoms with van der Waals surface area (Å²) in [5.41, 5.74) is 1.27. The van der Waals surface area contributed by atoms with Gasteiger partial charge in [-0.25, -0.2) is 0 Å². The molecule has 1 aromatic rings. The third-order valence-electron chi connectivity index (χ3n) is 3.06. The minimum Gasteiger partial charge on any atom is -0.314 e. The zero-order valence-electron chi connectivity index (χ0n) is 9.34. The van der Waals surface area contributed by atoms with Crippen LogP contribution in [-0.4, -0.2) is 30.6 Å². The lowest BCUT2D eigenvalue weighted by Gasteiger charge is -2.37. The first kappa shape index (κ1) is 12.4. The monoisotopic (exact) mass is 302 g/mol. The van der Waals surface area contributed by atoms with Crippen molar-refractivity contribution in [3.05, 3.63) is 33.3 Å². The van der Waals surface area contributed by atoms with Crippen LogP contribution in [0.15, 0.2) is 22.7 Å². The Balaban J connectivity index is 2.08.